The summed E-state index contributed by atoms with van der Waals surface area (Å²) in [6.45, 7) is 11.3. The lowest BCUT2D eigenvalue weighted by Gasteiger charge is -2.32. The lowest BCUT2D eigenvalue weighted by atomic mass is 9.72. The van der Waals surface area contributed by atoms with Gasteiger partial charge in [-0.3, -0.25) is 0 Å². The van der Waals surface area contributed by atoms with E-state index >= 15 is 0 Å². The van der Waals surface area contributed by atoms with Gasteiger partial charge in [0.05, 0.1) is 5.69 Å². The highest BCUT2D eigenvalue weighted by Gasteiger charge is 2.39. The number of thiazole rings is 1. The highest BCUT2D eigenvalue weighted by Crippen LogP contribution is 2.50. The number of hydrogen-bond acceptors (Lipinski definition) is 3. The third kappa shape index (κ3) is 3.04. The van der Waals surface area contributed by atoms with Gasteiger partial charge in [0.25, 0.3) is 5.01 Å². The van der Waals surface area contributed by atoms with Crippen LogP contribution >= 0.6 is 11.3 Å². The number of aromatic nitrogens is 1. The zero-order chi connectivity index (χ0) is 23.2. The molecule has 4 heterocycles. The number of anilines is 1. The van der Waals surface area contributed by atoms with Crippen LogP contribution in [0.2, 0.25) is 0 Å². The topological polar surface area (TPSA) is 16.4 Å². The second-order valence-corrected chi connectivity index (χ2v) is 12.3. The van der Waals surface area contributed by atoms with Gasteiger partial charge >= 0.3 is 0 Å². The first-order chi connectivity index (χ1) is 16.4. The maximum absolute atomic E-state index is 6.43. The average molecular weight is 468 g/mol. The highest BCUT2D eigenvalue weighted by molar-refractivity contribution is 7.19. The Morgan fingerprint density at radius 1 is 0.971 bits per heavy atom. The first kappa shape index (κ1) is 20.5. The van der Waals surface area contributed by atoms with E-state index in [0.29, 0.717) is 0 Å². The molecule has 0 unspecified atom stereocenters. The first-order valence-electron chi connectivity index (χ1n) is 12.5. The molecule has 7 rings (SSSR count). The van der Waals surface area contributed by atoms with Crippen molar-refractivity contribution in [3.8, 4) is 5.75 Å². The summed E-state index contributed by atoms with van der Waals surface area (Å²) >= 11 is 1.97. The van der Waals surface area contributed by atoms with Crippen LogP contribution in [-0.2, 0) is 6.54 Å². The molecule has 4 aliphatic rings. The molecule has 0 saturated heterocycles. The Balaban J connectivity index is 1.34. The predicted octanol–water partition coefficient (Wildman–Crippen LogP) is 7.22. The van der Waals surface area contributed by atoms with E-state index in [1.54, 1.807) is 11.1 Å². The number of benzene rings is 2. The molecule has 0 bridgehead atoms. The molecule has 0 N–H and O–H groups in total. The van der Waals surface area contributed by atoms with Crippen LogP contribution < -0.4 is 14.2 Å². The molecule has 0 amide bonds. The van der Waals surface area contributed by atoms with Crippen LogP contribution in [0.15, 0.2) is 65.1 Å². The van der Waals surface area contributed by atoms with Crippen molar-refractivity contribution >= 4 is 32.8 Å². The maximum Gasteiger partial charge on any atom is 0.266 e. The van der Waals surface area contributed by atoms with E-state index in [2.05, 4.69) is 79.6 Å². The molecule has 3 aliphatic heterocycles. The van der Waals surface area contributed by atoms with Gasteiger partial charge in [-0.15, -0.1) is 0 Å². The summed E-state index contributed by atoms with van der Waals surface area (Å²) in [7, 11) is 0. The molecule has 34 heavy (non-hydrogen) atoms. The predicted molar refractivity (Wildman–Crippen MR) is 140 cm³/mol. The summed E-state index contributed by atoms with van der Waals surface area (Å²) in [5, 5.41) is 1.47. The summed E-state index contributed by atoms with van der Waals surface area (Å²) in [4.78, 5) is 2.39. The number of allylic oxidation sites excluding steroid dienone is 4. The molecule has 0 atom stereocenters. The number of ether oxygens (including phenoxy) is 1. The van der Waals surface area contributed by atoms with E-state index < -0.39 is 0 Å². The first-order valence-corrected chi connectivity index (χ1v) is 13.3. The van der Waals surface area contributed by atoms with Crippen LogP contribution in [0.1, 0.15) is 55.7 Å². The Morgan fingerprint density at radius 3 is 2.68 bits per heavy atom. The van der Waals surface area contributed by atoms with Gasteiger partial charge < -0.3 is 9.64 Å². The van der Waals surface area contributed by atoms with Crippen molar-refractivity contribution in [3.63, 3.8) is 0 Å². The van der Waals surface area contributed by atoms with E-state index in [-0.39, 0.29) is 5.41 Å². The molecule has 1 aromatic heterocycles. The number of nitrogens with zero attached hydrogens (tertiary/aromatic N) is 2. The van der Waals surface area contributed by atoms with Crippen molar-refractivity contribution in [2.24, 2.45) is 5.41 Å². The lowest BCUT2D eigenvalue weighted by Crippen LogP contribution is -2.30. The summed E-state index contributed by atoms with van der Waals surface area (Å²) in [6.07, 6.45) is 7.00. The second-order valence-electron chi connectivity index (χ2n) is 11.2. The third-order valence-corrected chi connectivity index (χ3v) is 9.09. The van der Waals surface area contributed by atoms with Crippen molar-refractivity contribution in [1.82, 2.24) is 0 Å². The Labute approximate surface area is 205 Å². The molecule has 1 aliphatic carbocycles. The fraction of sp³-hybridized carbons (Fsp3) is 0.367. The van der Waals surface area contributed by atoms with Gasteiger partial charge in [0, 0.05) is 30.2 Å². The van der Waals surface area contributed by atoms with Crippen molar-refractivity contribution in [1.29, 1.82) is 0 Å². The minimum Gasteiger partial charge on any atom is -0.438 e. The molecule has 0 fully saturated rings. The van der Waals surface area contributed by atoms with E-state index in [1.807, 2.05) is 11.3 Å². The van der Waals surface area contributed by atoms with E-state index in [4.69, 9.17) is 4.74 Å². The summed E-state index contributed by atoms with van der Waals surface area (Å²) in [5.41, 5.74) is 11.5. The van der Waals surface area contributed by atoms with Crippen molar-refractivity contribution < 1.29 is 9.30 Å². The number of hydrogen-bond donors (Lipinski definition) is 0. The van der Waals surface area contributed by atoms with Gasteiger partial charge in [0.15, 0.2) is 12.3 Å². The van der Waals surface area contributed by atoms with Crippen LogP contribution in [-0.4, -0.2) is 6.54 Å². The zero-order valence-corrected chi connectivity index (χ0v) is 21.3. The van der Waals surface area contributed by atoms with E-state index in [0.717, 1.165) is 50.4 Å². The van der Waals surface area contributed by atoms with Gasteiger partial charge in [-0.2, -0.15) is 4.57 Å². The molecule has 0 radical (unpaired) electrons. The Hall–Kier alpha value is -2.85. The van der Waals surface area contributed by atoms with Crippen LogP contribution in [0.5, 0.6) is 5.75 Å². The van der Waals surface area contributed by atoms with Crippen LogP contribution in [0, 0.1) is 19.3 Å². The molecular weight excluding hydrogens is 436 g/mol. The SMILES string of the molecule is Cc1ccc2c(c1)N1CCC(C3=C/C(=C4\CC[n+]5c4sc4ccc(C)cc45)CC(C)(C)C3)=C1O2. The van der Waals surface area contributed by atoms with Gasteiger partial charge in [-0.05, 0) is 79.0 Å². The Morgan fingerprint density at radius 2 is 1.79 bits per heavy atom. The molecular formula is C30H31N2OS+. The lowest BCUT2D eigenvalue weighted by molar-refractivity contribution is -0.659. The molecule has 4 heteroatoms. The normalized spacial score (nSPS) is 22.7. The molecule has 3 nitrogen and oxygen atoms in total. The molecule has 0 saturated carbocycles. The van der Waals surface area contributed by atoms with Gasteiger partial charge in [-0.25, -0.2) is 0 Å². The number of fused-ring (bicyclic) bond motifs is 6. The third-order valence-electron chi connectivity index (χ3n) is 7.86. The average Bonchev–Trinajstić information content (AvgIpc) is 3.52. The summed E-state index contributed by atoms with van der Waals surface area (Å²) in [6, 6.07) is 13.4. The standard InChI is InChI=1S/C30H31N2OS/c1-18-5-7-26-24(13-18)31-11-9-22(28(31)33-26)20-15-21(17-30(3,4)16-20)23-10-12-32-25-14-19(2)6-8-27(25)34-29(23)32/h5-8,13-15H,9-12,16-17H2,1-4H3/q+1. The monoisotopic (exact) mass is 467 g/mol. The van der Waals surface area contributed by atoms with Crippen LogP contribution in [0.3, 0.4) is 0 Å². The minimum atomic E-state index is 0.246. The molecule has 3 aromatic rings. The number of rotatable bonds is 1. The van der Waals surface area contributed by atoms with Crippen molar-refractivity contribution in [2.75, 3.05) is 11.4 Å². The molecule has 2 aromatic carbocycles. The largest absolute Gasteiger partial charge is 0.438 e. The van der Waals surface area contributed by atoms with E-state index in [1.165, 1.54) is 43.2 Å². The van der Waals surface area contributed by atoms with Gasteiger partial charge in [0.2, 0.25) is 11.4 Å². The minimum absolute atomic E-state index is 0.246. The summed E-state index contributed by atoms with van der Waals surface area (Å²) < 4.78 is 10.4. The smallest absolute Gasteiger partial charge is 0.266 e. The Kier molecular flexibility index (Phi) is 4.27. The summed E-state index contributed by atoms with van der Waals surface area (Å²) in [5.74, 6) is 2.08. The van der Waals surface area contributed by atoms with Gasteiger partial charge in [-0.1, -0.05) is 43.4 Å². The molecule has 172 valence electrons. The fourth-order valence-electron chi connectivity index (χ4n) is 6.33. The van der Waals surface area contributed by atoms with E-state index in [9.17, 15) is 0 Å². The fourth-order valence-corrected chi connectivity index (χ4v) is 7.60. The van der Waals surface area contributed by atoms with Gasteiger partial charge in [0.1, 0.15) is 4.70 Å². The quantitative estimate of drug-likeness (QED) is 0.351. The highest BCUT2D eigenvalue weighted by atomic mass is 32.1. The van der Waals surface area contributed by atoms with Crippen molar-refractivity contribution in [3.05, 3.63) is 81.2 Å². The Bertz CT molecular complexity index is 1480. The zero-order valence-electron chi connectivity index (χ0n) is 20.5. The maximum atomic E-state index is 6.43. The number of aryl methyl sites for hydroxylation is 3. The van der Waals surface area contributed by atoms with Crippen LogP contribution in [0.4, 0.5) is 5.69 Å². The van der Waals surface area contributed by atoms with Crippen LogP contribution in [0.25, 0.3) is 15.8 Å². The molecule has 0 spiro atoms. The second kappa shape index (κ2) is 7.08. The van der Waals surface area contributed by atoms with Crippen molar-refractivity contribution in [2.45, 2.75) is 59.9 Å².